The van der Waals surface area contributed by atoms with Crippen LogP contribution >= 0.6 is 11.8 Å². The van der Waals surface area contributed by atoms with E-state index in [0.717, 1.165) is 23.2 Å². The van der Waals surface area contributed by atoms with Gasteiger partial charge >= 0.3 is 0 Å². The fourth-order valence-corrected chi connectivity index (χ4v) is 2.48. The molecule has 0 aliphatic carbocycles. The van der Waals surface area contributed by atoms with Gasteiger partial charge in [0.15, 0.2) is 0 Å². The molecule has 15 heavy (non-hydrogen) atoms. The highest BCUT2D eigenvalue weighted by atomic mass is 32.2. The number of hydrogen-bond donors (Lipinski definition) is 0. The Kier molecular flexibility index (Phi) is 3.00. The van der Waals surface area contributed by atoms with Gasteiger partial charge in [-0.1, -0.05) is 6.07 Å². The maximum atomic E-state index is 13.5. The molecule has 0 unspecified atom stereocenters. The second-order valence-corrected chi connectivity index (χ2v) is 4.35. The molecule has 0 amide bonds. The van der Waals surface area contributed by atoms with E-state index in [1.165, 1.54) is 11.8 Å². The Morgan fingerprint density at radius 1 is 1.40 bits per heavy atom. The smallest absolute Gasteiger partial charge is 0.132 e. The van der Waals surface area contributed by atoms with Crippen molar-refractivity contribution < 1.29 is 4.39 Å². The Morgan fingerprint density at radius 2 is 2.20 bits per heavy atom. The van der Waals surface area contributed by atoms with Gasteiger partial charge < -0.3 is 4.57 Å². The highest BCUT2D eigenvalue weighted by Crippen LogP contribution is 2.24. The second-order valence-electron chi connectivity index (χ2n) is 3.49. The fraction of sp³-hybridized carbons (Fsp3) is 0.333. The minimum absolute atomic E-state index is 0.123. The molecule has 2 rings (SSSR count). The van der Waals surface area contributed by atoms with Gasteiger partial charge in [0, 0.05) is 23.4 Å². The van der Waals surface area contributed by atoms with Crippen molar-refractivity contribution in [1.29, 1.82) is 0 Å². The van der Waals surface area contributed by atoms with Gasteiger partial charge in [-0.25, -0.2) is 4.39 Å². The van der Waals surface area contributed by atoms with Crippen LogP contribution in [0, 0.1) is 5.82 Å². The average Bonchev–Trinajstić information content (AvgIpc) is 2.58. The summed E-state index contributed by atoms with van der Waals surface area (Å²) in [5.41, 5.74) is 2.20. The highest BCUT2D eigenvalue weighted by Gasteiger charge is 2.09. The molecule has 0 N–H and O–H groups in total. The van der Waals surface area contributed by atoms with Crippen molar-refractivity contribution in [3.05, 3.63) is 35.8 Å². The molecule has 1 aromatic heterocycles. The molecule has 3 heteroatoms. The fourth-order valence-electron chi connectivity index (χ4n) is 1.94. The van der Waals surface area contributed by atoms with E-state index in [9.17, 15) is 4.39 Å². The predicted octanol–water partition coefficient (Wildman–Crippen LogP) is 3.66. The molecule has 0 atom stereocenters. The van der Waals surface area contributed by atoms with Gasteiger partial charge in [-0.3, -0.25) is 0 Å². The van der Waals surface area contributed by atoms with E-state index in [4.69, 9.17) is 0 Å². The van der Waals surface area contributed by atoms with E-state index in [1.54, 1.807) is 17.8 Å². The van der Waals surface area contributed by atoms with Crippen molar-refractivity contribution in [3.63, 3.8) is 0 Å². The topological polar surface area (TPSA) is 4.93 Å². The molecule has 2 aromatic rings. The third-order valence-corrected chi connectivity index (χ3v) is 3.17. The molecule has 0 bridgehead atoms. The van der Waals surface area contributed by atoms with Crippen LogP contribution in [-0.4, -0.2) is 10.8 Å². The maximum Gasteiger partial charge on any atom is 0.132 e. The van der Waals surface area contributed by atoms with Crippen LogP contribution in [0.25, 0.3) is 10.9 Å². The lowest BCUT2D eigenvalue weighted by atomic mass is 10.2. The van der Waals surface area contributed by atoms with E-state index >= 15 is 0 Å². The number of rotatable bonds is 3. The van der Waals surface area contributed by atoms with Crippen LogP contribution in [0.4, 0.5) is 4.39 Å². The average molecular weight is 223 g/mol. The van der Waals surface area contributed by atoms with E-state index in [1.807, 2.05) is 12.1 Å². The van der Waals surface area contributed by atoms with Crippen LogP contribution in [0.2, 0.25) is 0 Å². The van der Waals surface area contributed by atoms with Gasteiger partial charge in [-0.05, 0) is 31.4 Å². The van der Waals surface area contributed by atoms with Crippen molar-refractivity contribution in [2.45, 2.75) is 19.2 Å². The number of hydrogen-bond acceptors (Lipinski definition) is 1. The number of benzene rings is 1. The molecule has 0 aliphatic rings. The predicted molar refractivity (Wildman–Crippen MR) is 64.8 cm³/mol. The van der Waals surface area contributed by atoms with Gasteiger partial charge in [0.05, 0.1) is 5.52 Å². The quantitative estimate of drug-likeness (QED) is 0.768. The number of fused-ring (bicyclic) bond motifs is 1. The van der Waals surface area contributed by atoms with Gasteiger partial charge in [0.2, 0.25) is 0 Å². The third kappa shape index (κ3) is 1.76. The summed E-state index contributed by atoms with van der Waals surface area (Å²) in [7, 11) is 0. The standard InChI is InChI=1S/C12H14FNS/c1-3-14-9(8-15-2)7-10-11(13)5-4-6-12(10)14/h4-7H,3,8H2,1-2H3. The van der Waals surface area contributed by atoms with Crippen molar-refractivity contribution in [1.82, 2.24) is 4.57 Å². The molecule has 0 spiro atoms. The van der Waals surface area contributed by atoms with Gasteiger partial charge in [-0.2, -0.15) is 11.8 Å². The van der Waals surface area contributed by atoms with Gasteiger partial charge in [0.1, 0.15) is 5.82 Å². The summed E-state index contributed by atoms with van der Waals surface area (Å²) in [6, 6.07) is 7.23. The first-order valence-electron chi connectivity index (χ1n) is 5.03. The third-order valence-electron chi connectivity index (χ3n) is 2.59. The zero-order chi connectivity index (χ0) is 10.8. The first-order valence-corrected chi connectivity index (χ1v) is 6.43. The number of nitrogens with zero attached hydrogens (tertiary/aromatic N) is 1. The molecule has 1 aromatic carbocycles. The van der Waals surface area contributed by atoms with Gasteiger partial charge in [0.25, 0.3) is 0 Å². The molecule has 1 nitrogen and oxygen atoms in total. The van der Waals surface area contributed by atoms with Crippen LogP contribution in [0.15, 0.2) is 24.3 Å². The Balaban J connectivity index is 2.67. The lowest BCUT2D eigenvalue weighted by molar-refractivity contribution is 0.639. The number of aromatic nitrogens is 1. The van der Waals surface area contributed by atoms with E-state index in [-0.39, 0.29) is 5.82 Å². The zero-order valence-electron chi connectivity index (χ0n) is 8.96. The Bertz CT molecular complexity index is 476. The molecule has 0 radical (unpaired) electrons. The van der Waals surface area contributed by atoms with E-state index in [0.29, 0.717) is 0 Å². The van der Waals surface area contributed by atoms with Crippen LogP contribution in [0.5, 0.6) is 0 Å². The molecular weight excluding hydrogens is 209 g/mol. The monoisotopic (exact) mass is 223 g/mol. The zero-order valence-corrected chi connectivity index (χ0v) is 9.77. The summed E-state index contributed by atoms with van der Waals surface area (Å²) in [5, 5.41) is 0.739. The molecule has 0 saturated heterocycles. The van der Waals surface area contributed by atoms with E-state index < -0.39 is 0 Å². The van der Waals surface area contributed by atoms with E-state index in [2.05, 4.69) is 17.7 Å². The summed E-state index contributed by atoms with van der Waals surface area (Å²) in [6.45, 7) is 2.98. The molecule has 80 valence electrons. The van der Waals surface area contributed by atoms with Crippen molar-refractivity contribution in [3.8, 4) is 0 Å². The minimum atomic E-state index is -0.123. The van der Waals surface area contributed by atoms with Crippen LogP contribution in [0.3, 0.4) is 0 Å². The minimum Gasteiger partial charge on any atom is -0.344 e. The second kappa shape index (κ2) is 4.27. The Labute approximate surface area is 93.3 Å². The Morgan fingerprint density at radius 3 is 2.87 bits per heavy atom. The molecule has 1 heterocycles. The highest BCUT2D eigenvalue weighted by molar-refractivity contribution is 7.97. The number of thioether (sulfide) groups is 1. The Hall–Kier alpha value is -0.960. The summed E-state index contributed by atoms with van der Waals surface area (Å²) >= 11 is 1.76. The normalized spacial score (nSPS) is 11.1. The van der Waals surface area contributed by atoms with Crippen LogP contribution < -0.4 is 0 Å². The summed E-state index contributed by atoms with van der Waals surface area (Å²) in [5.74, 6) is 0.809. The lowest BCUT2D eigenvalue weighted by Gasteiger charge is -2.06. The molecule has 0 saturated carbocycles. The molecule has 0 fully saturated rings. The maximum absolute atomic E-state index is 13.5. The number of halogens is 1. The molecular formula is C12H14FNS. The van der Waals surface area contributed by atoms with Crippen molar-refractivity contribution in [2.75, 3.05) is 6.26 Å². The summed E-state index contributed by atoms with van der Waals surface area (Å²) in [4.78, 5) is 0. The largest absolute Gasteiger partial charge is 0.344 e. The van der Waals surface area contributed by atoms with Crippen LogP contribution in [0.1, 0.15) is 12.6 Å². The summed E-state index contributed by atoms with van der Waals surface area (Å²) < 4.78 is 15.7. The lowest BCUT2D eigenvalue weighted by Crippen LogP contribution is -1.98. The van der Waals surface area contributed by atoms with Crippen molar-refractivity contribution >= 4 is 22.7 Å². The van der Waals surface area contributed by atoms with Gasteiger partial charge in [-0.15, -0.1) is 0 Å². The first-order chi connectivity index (χ1) is 7.27. The number of aryl methyl sites for hydroxylation is 1. The van der Waals surface area contributed by atoms with Crippen LogP contribution in [-0.2, 0) is 12.3 Å². The summed E-state index contributed by atoms with van der Waals surface area (Å²) in [6.07, 6.45) is 2.06. The SMILES string of the molecule is CCn1c(CSC)cc2c(F)cccc21. The molecule has 0 aliphatic heterocycles. The van der Waals surface area contributed by atoms with Crippen molar-refractivity contribution in [2.24, 2.45) is 0 Å². The first kappa shape index (κ1) is 10.6.